The summed E-state index contributed by atoms with van der Waals surface area (Å²) in [6.07, 6.45) is 1.31. The van der Waals surface area contributed by atoms with E-state index < -0.39 is 6.04 Å². The molecule has 3 rings (SSSR count). The monoisotopic (exact) mass is 508 g/mol. The van der Waals surface area contributed by atoms with Crippen LogP contribution >= 0.6 is 23.4 Å². The SMILES string of the molecule is CCCNC(=O)[C@H](Cc1ccccc1)N(Cc1cccc(C)c1)C(=O)CSCc1ccc(Cl)cc1. The molecule has 2 amide bonds. The lowest BCUT2D eigenvalue weighted by molar-refractivity contribution is -0.139. The maximum absolute atomic E-state index is 13.6. The molecule has 0 heterocycles. The predicted molar refractivity (Wildman–Crippen MR) is 147 cm³/mol. The summed E-state index contributed by atoms with van der Waals surface area (Å²) < 4.78 is 0. The normalized spacial score (nSPS) is 11.6. The van der Waals surface area contributed by atoms with Crippen molar-refractivity contribution >= 4 is 35.2 Å². The van der Waals surface area contributed by atoms with Crippen LogP contribution in [0.2, 0.25) is 5.02 Å². The number of carbonyl (C=O) groups is 2. The van der Waals surface area contributed by atoms with Gasteiger partial charge in [-0.15, -0.1) is 11.8 Å². The van der Waals surface area contributed by atoms with Crippen molar-refractivity contribution in [3.05, 3.63) is 106 Å². The summed E-state index contributed by atoms with van der Waals surface area (Å²) in [5.41, 5.74) is 4.28. The minimum atomic E-state index is -0.590. The minimum Gasteiger partial charge on any atom is -0.354 e. The number of carbonyl (C=O) groups excluding carboxylic acids is 2. The fraction of sp³-hybridized carbons (Fsp3) is 0.310. The van der Waals surface area contributed by atoms with Gasteiger partial charge in [0.2, 0.25) is 11.8 Å². The number of hydrogen-bond donors (Lipinski definition) is 1. The van der Waals surface area contributed by atoms with Gasteiger partial charge < -0.3 is 10.2 Å². The van der Waals surface area contributed by atoms with Crippen LogP contribution in [0.4, 0.5) is 0 Å². The lowest BCUT2D eigenvalue weighted by atomic mass is 10.0. The number of thioether (sulfide) groups is 1. The highest BCUT2D eigenvalue weighted by Crippen LogP contribution is 2.20. The zero-order valence-electron chi connectivity index (χ0n) is 20.4. The zero-order chi connectivity index (χ0) is 25.0. The maximum Gasteiger partial charge on any atom is 0.243 e. The first-order valence-corrected chi connectivity index (χ1v) is 13.5. The third kappa shape index (κ3) is 8.75. The Balaban J connectivity index is 1.82. The molecule has 4 nitrogen and oxygen atoms in total. The van der Waals surface area contributed by atoms with Crippen LogP contribution in [0.25, 0.3) is 0 Å². The molecule has 184 valence electrons. The van der Waals surface area contributed by atoms with Crippen molar-refractivity contribution < 1.29 is 9.59 Å². The Morgan fingerprint density at radius 2 is 1.66 bits per heavy atom. The molecular weight excluding hydrogens is 476 g/mol. The molecule has 0 radical (unpaired) electrons. The first kappa shape index (κ1) is 26.8. The molecule has 0 bridgehead atoms. The van der Waals surface area contributed by atoms with Gasteiger partial charge in [0.05, 0.1) is 5.75 Å². The molecule has 3 aromatic rings. The molecule has 0 unspecified atom stereocenters. The van der Waals surface area contributed by atoms with Gasteiger partial charge in [0, 0.05) is 30.3 Å². The van der Waals surface area contributed by atoms with Crippen LogP contribution in [0.1, 0.15) is 35.6 Å². The number of halogens is 1. The van der Waals surface area contributed by atoms with E-state index in [2.05, 4.69) is 11.4 Å². The standard InChI is InChI=1S/C29H33ClN2O2S/c1-3-16-31-29(34)27(18-23-9-5-4-6-10-23)32(19-25-11-7-8-22(2)17-25)28(33)21-35-20-24-12-14-26(30)15-13-24/h4-15,17,27H,3,16,18-21H2,1-2H3,(H,31,34)/t27-/m0/s1. The van der Waals surface area contributed by atoms with Gasteiger partial charge in [0.25, 0.3) is 0 Å². The van der Waals surface area contributed by atoms with Crippen molar-refractivity contribution in [2.75, 3.05) is 12.3 Å². The second-order valence-electron chi connectivity index (χ2n) is 8.63. The quantitative estimate of drug-likeness (QED) is 0.324. The maximum atomic E-state index is 13.6. The summed E-state index contributed by atoms with van der Waals surface area (Å²) in [4.78, 5) is 28.7. The van der Waals surface area contributed by atoms with E-state index in [1.54, 1.807) is 16.7 Å². The molecule has 6 heteroatoms. The second kappa shape index (κ2) is 14.0. The molecule has 0 fully saturated rings. The van der Waals surface area contributed by atoms with Crippen LogP contribution in [0.15, 0.2) is 78.9 Å². The van der Waals surface area contributed by atoms with Crippen molar-refractivity contribution in [3.8, 4) is 0 Å². The molecule has 0 aliphatic heterocycles. The molecule has 0 aliphatic carbocycles. The molecule has 35 heavy (non-hydrogen) atoms. The molecule has 0 aliphatic rings. The predicted octanol–water partition coefficient (Wildman–Crippen LogP) is 6.05. The van der Waals surface area contributed by atoms with Crippen LogP contribution in [0.3, 0.4) is 0 Å². The number of rotatable bonds is 12. The number of benzene rings is 3. The van der Waals surface area contributed by atoms with Crippen molar-refractivity contribution in [1.82, 2.24) is 10.2 Å². The molecule has 3 aromatic carbocycles. The van der Waals surface area contributed by atoms with Crippen molar-refractivity contribution in [1.29, 1.82) is 0 Å². The summed E-state index contributed by atoms with van der Waals surface area (Å²) >= 11 is 7.54. The fourth-order valence-corrected chi connectivity index (χ4v) is 4.84. The first-order valence-electron chi connectivity index (χ1n) is 11.9. The molecule has 1 N–H and O–H groups in total. The van der Waals surface area contributed by atoms with Crippen LogP contribution in [-0.2, 0) is 28.3 Å². The van der Waals surface area contributed by atoms with E-state index in [1.807, 2.05) is 86.6 Å². The molecule has 1 atom stereocenters. The van der Waals surface area contributed by atoms with E-state index in [-0.39, 0.29) is 11.8 Å². The Hall–Kier alpha value is -2.76. The van der Waals surface area contributed by atoms with E-state index in [0.29, 0.717) is 36.0 Å². The van der Waals surface area contributed by atoms with Crippen LogP contribution in [0.5, 0.6) is 0 Å². The number of nitrogens with zero attached hydrogens (tertiary/aromatic N) is 1. The second-order valence-corrected chi connectivity index (χ2v) is 10.0. The molecule has 0 saturated carbocycles. The van der Waals surface area contributed by atoms with Gasteiger partial charge in [-0.3, -0.25) is 9.59 Å². The number of hydrogen-bond acceptors (Lipinski definition) is 3. The number of amides is 2. The van der Waals surface area contributed by atoms with E-state index in [0.717, 1.165) is 28.7 Å². The lowest BCUT2D eigenvalue weighted by Crippen LogP contribution is -2.51. The third-order valence-corrected chi connectivity index (χ3v) is 6.90. The highest BCUT2D eigenvalue weighted by atomic mass is 35.5. The fourth-order valence-electron chi connectivity index (χ4n) is 3.85. The van der Waals surface area contributed by atoms with Crippen molar-refractivity contribution in [2.45, 2.75) is 45.0 Å². The first-order chi connectivity index (χ1) is 17.0. The van der Waals surface area contributed by atoms with E-state index in [9.17, 15) is 9.59 Å². The minimum absolute atomic E-state index is 0.0435. The van der Waals surface area contributed by atoms with Gasteiger partial charge in [0.15, 0.2) is 0 Å². The van der Waals surface area contributed by atoms with Crippen molar-refractivity contribution in [2.24, 2.45) is 0 Å². The van der Waals surface area contributed by atoms with Gasteiger partial charge in [-0.2, -0.15) is 0 Å². The molecular formula is C29H33ClN2O2S. The highest BCUT2D eigenvalue weighted by Gasteiger charge is 2.30. The van der Waals surface area contributed by atoms with E-state index in [4.69, 9.17) is 11.6 Å². The summed E-state index contributed by atoms with van der Waals surface area (Å²) in [5.74, 6) is 0.838. The Morgan fingerprint density at radius 3 is 2.34 bits per heavy atom. The Kier molecular flexibility index (Phi) is 10.7. The average Bonchev–Trinajstić information content (AvgIpc) is 2.86. The zero-order valence-corrected chi connectivity index (χ0v) is 21.9. The summed E-state index contributed by atoms with van der Waals surface area (Å²) in [6.45, 7) is 5.03. The van der Waals surface area contributed by atoms with Crippen molar-refractivity contribution in [3.63, 3.8) is 0 Å². The third-order valence-electron chi connectivity index (χ3n) is 5.66. The molecule has 0 aromatic heterocycles. The summed E-state index contributed by atoms with van der Waals surface area (Å²) in [7, 11) is 0. The van der Waals surface area contributed by atoms with Crippen LogP contribution in [0, 0.1) is 6.92 Å². The Labute approximate surface area is 218 Å². The molecule has 0 spiro atoms. The van der Waals surface area contributed by atoms with E-state index in [1.165, 1.54) is 0 Å². The average molecular weight is 509 g/mol. The van der Waals surface area contributed by atoms with Gasteiger partial charge in [-0.25, -0.2) is 0 Å². The van der Waals surface area contributed by atoms with Gasteiger partial charge >= 0.3 is 0 Å². The Morgan fingerprint density at radius 1 is 0.943 bits per heavy atom. The Bertz CT molecular complexity index is 1090. The topological polar surface area (TPSA) is 49.4 Å². The van der Waals surface area contributed by atoms with Crippen LogP contribution < -0.4 is 5.32 Å². The number of aryl methyl sites for hydroxylation is 1. The lowest BCUT2D eigenvalue weighted by Gasteiger charge is -2.31. The van der Waals surface area contributed by atoms with Gasteiger partial charge in [-0.1, -0.05) is 90.8 Å². The van der Waals surface area contributed by atoms with Crippen LogP contribution in [-0.4, -0.2) is 35.1 Å². The molecule has 0 saturated heterocycles. The number of nitrogens with one attached hydrogen (secondary N) is 1. The van der Waals surface area contributed by atoms with Gasteiger partial charge in [-0.05, 0) is 42.2 Å². The smallest absolute Gasteiger partial charge is 0.243 e. The summed E-state index contributed by atoms with van der Waals surface area (Å²) in [6, 6.07) is 25.1. The highest BCUT2D eigenvalue weighted by molar-refractivity contribution is 7.99. The largest absolute Gasteiger partial charge is 0.354 e. The van der Waals surface area contributed by atoms with E-state index >= 15 is 0 Å². The summed E-state index contributed by atoms with van der Waals surface area (Å²) in [5, 5.41) is 3.72. The van der Waals surface area contributed by atoms with Gasteiger partial charge in [0.1, 0.15) is 6.04 Å².